The van der Waals surface area contributed by atoms with Crippen LogP contribution in [-0.2, 0) is 22.6 Å². The maximum Gasteiger partial charge on any atom is 0.410 e. The summed E-state index contributed by atoms with van der Waals surface area (Å²) in [6.45, 7) is -0.128. The van der Waals surface area contributed by atoms with E-state index in [0.29, 0.717) is 39.9 Å². The van der Waals surface area contributed by atoms with Crippen LogP contribution in [0.2, 0.25) is 10.0 Å². The van der Waals surface area contributed by atoms with Crippen molar-refractivity contribution >= 4 is 46.6 Å². The lowest BCUT2D eigenvalue weighted by molar-refractivity contribution is -0.139. The fraction of sp³-hybridized carbons (Fsp3) is 0.227. The average Bonchev–Trinajstić information content (AvgIpc) is 3.25. The molecule has 4 rings (SSSR count). The highest BCUT2D eigenvalue weighted by atomic mass is 35.5. The van der Waals surface area contributed by atoms with Gasteiger partial charge in [-0.05, 0) is 24.3 Å². The lowest BCUT2D eigenvalue weighted by Crippen LogP contribution is -2.40. The highest BCUT2D eigenvalue weighted by Gasteiger charge is 2.37. The Hall–Kier alpha value is -2.81. The summed E-state index contributed by atoms with van der Waals surface area (Å²) in [6, 6.07) is 11.5. The zero-order valence-electron chi connectivity index (χ0n) is 16.7. The van der Waals surface area contributed by atoms with Crippen LogP contribution in [-0.4, -0.2) is 40.2 Å². The minimum absolute atomic E-state index is 0.0230. The van der Waals surface area contributed by atoms with Crippen LogP contribution in [0.1, 0.15) is 27.7 Å². The summed E-state index contributed by atoms with van der Waals surface area (Å²) < 4.78 is 11.1. The fourth-order valence-electron chi connectivity index (χ4n) is 3.53. The number of hydrogen-bond acceptors (Lipinski definition) is 6. The number of carbonyl (C=O) groups excluding carboxylic acids is 1. The minimum atomic E-state index is -1.11. The van der Waals surface area contributed by atoms with Crippen LogP contribution in [0.3, 0.4) is 0 Å². The first-order valence-electron chi connectivity index (χ1n) is 9.67. The van der Waals surface area contributed by atoms with E-state index in [4.69, 9.17) is 37.8 Å². The van der Waals surface area contributed by atoms with Crippen LogP contribution in [0, 0.1) is 0 Å². The summed E-state index contributed by atoms with van der Waals surface area (Å²) >= 11 is 13.8. The molecule has 7 nitrogen and oxygen atoms in total. The molecule has 1 atom stereocenters. The summed E-state index contributed by atoms with van der Waals surface area (Å²) in [7, 11) is 0. The van der Waals surface area contributed by atoms with Gasteiger partial charge in [0.1, 0.15) is 18.4 Å². The van der Waals surface area contributed by atoms with Crippen molar-refractivity contribution in [3.05, 3.63) is 79.7 Å². The first kappa shape index (κ1) is 22.4. The van der Waals surface area contributed by atoms with Gasteiger partial charge in [-0.1, -0.05) is 41.4 Å². The molecule has 1 aromatic heterocycles. The SMILES string of the molecule is O=C(O)COc1ccc(Cl)cc1C1c2scnc2CCN1C(=O)OCc1ccccc1Cl. The van der Waals surface area contributed by atoms with Crippen molar-refractivity contribution < 1.29 is 24.2 Å². The van der Waals surface area contributed by atoms with Gasteiger partial charge >= 0.3 is 12.1 Å². The van der Waals surface area contributed by atoms with Gasteiger partial charge in [0.2, 0.25) is 0 Å². The molecular weight excluding hydrogens is 475 g/mol. The fourth-order valence-corrected chi connectivity index (χ4v) is 4.87. The van der Waals surface area contributed by atoms with Gasteiger partial charge in [-0.2, -0.15) is 0 Å². The van der Waals surface area contributed by atoms with Crippen molar-refractivity contribution in [2.45, 2.75) is 19.1 Å². The summed E-state index contributed by atoms with van der Waals surface area (Å²) in [5.74, 6) is -0.781. The Balaban J connectivity index is 1.66. The van der Waals surface area contributed by atoms with Gasteiger partial charge in [-0.15, -0.1) is 11.3 Å². The Kier molecular flexibility index (Phi) is 6.83. The predicted molar refractivity (Wildman–Crippen MR) is 121 cm³/mol. The van der Waals surface area contributed by atoms with Gasteiger partial charge in [-0.3, -0.25) is 4.90 Å². The van der Waals surface area contributed by atoms with Crippen molar-refractivity contribution in [2.75, 3.05) is 13.2 Å². The number of aromatic nitrogens is 1. The third kappa shape index (κ3) is 4.82. The second-order valence-corrected chi connectivity index (χ2v) is 8.75. The number of halogens is 2. The molecule has 1 aliphatic heterocycles. The number of carboxylic acids is 1. The molecule has 1 aliphatic rings. The van der Waals surface area contributed by atoms with E-state index in [-0.39, 0.29) is 6.61 Å². The Morgan fingerprint density at radius 3 is 2.81 bits per heavy atom. The van der Waals surface area contributed by atoms with Crippen LogP contribution in [0.15, 0.2) is 48.0 Å². The maximum absolute atomic E-state index is 13.1. The Labute approximate surface area is 198 Å². The molecule has 1 amide bonds. The number of hydrogen-bond donors (Lipinski definition) is 1. The van der Waals surface area contributed by atoms with E-state index in [1.807, 2.05) is 6.07 Å². The van der Waals surface area contributed by atoms with E-state index in [2.05, 4.69) is 4.98 Å². The van der Waals surface area contributed by atoms with Gasteiger partial charge < -0.3 is 14.6 Å². The smallest absolute Gasteiger partial charge is 0.410 e. The number of rotatable bonds is 6. The largest absolute Gasteiger partial charge is 0.482 e. The van der Waals surface area contributed by atoms with Gasteiger partial charge in [-0.25, -0.2) is 14.6 Å². The van der Waals surface area contributed by atoms with E-state index in [1.165, 1.54) is 11.3 Å². The van der Waals surface area contributed by atoms with Crippen molar-refractivity contribution in [1.29, 1.82) is 0 Å². The third-order valence-corrected chi connectivity index (χ3v) is 6.51. The molecule has 32 heavy (non-hydrogen) atoms. The lowest BCUT2D eigenvalue weighted by atomic mass is 9.97. The lowest BCUT2D eigenvalue weighted by Gasteiger charge is -2.35. The van der Waals surface area contributed by atoms with Crippen molar-refractivity contribution in [2.24, 2.45) is 0 Å². The molecule has 2 aromatic carbocycles. The second kappa shape index (κ2) is 9.77. The van der Waals surface area contributed by atoms with Crippen molar-refractivity contribution in [1.82, 2.24) is 9.88 Å². The molecule has 166 valence electrons. The third-order valence-electron chi connectivity index (χ3n) is 4.98. The molecule has 0 bridgehead atoms. The first-order chi connectivity index (χ1) is 15.4. The van der Waals surface area contributed by atoms with E-state index in [9.17, 15) is 9.59 Å². The molecule has 0 saturated carbocycles. The molecule has 3 aromatic rings. The summed E-state index contributed by atoms with van der Waals surface area (Å²) in [5, 5.41) is 9.99. The van der Waals surface area contributed by atoms with Gasteiger partial charge in [0.15, 0.2) is 6.61 Å². The summed E-state index contributed by atoms with van der Waals surface area (Å²) in [6.07, 6.45) is 0.0423. The topological polar surface area (TPSA) is 89.0 Å². The van der Waals surface area contributed by atoms with E-state index in [0.717, 1.165) is 10.6 Å². The molecule has 2 heterocycles. The molecule has 1 N–H and O–H groups in total. The molecule has 0 saturated heterocycles. The Morgan fingerprint density at radius 2 is 2.03 bits per heavy atom. The van der Waals surface area contributed by atoms with Gasteiger partial charge in [0, 0.05) is 34.1 Å². The highest BCUT2D eigenvalue weighted by Crippen LogP contribution is 2.42. The highest BCUT2D eigenvalue weighted by molar-refractivity contribution is 7.09. The van der Waals surface area contributed by atoms with Crippen molar-refractivity contribution in [3.63, 3.8) is 0 Å². The number of carboxylic acid groups (broad SMARTS) is 1. The normalized spacial score (nSPS) is 15.2. The molecule has 0 aliphatic carbocycles. The molecular formula is C22H18Cl2N2O5S. The van der Waals surface area contributed by atoms with Crippen LogP contribution < -0.4 is 4.74 Å². The zero-order chi connectivity index (χ0) is 22.7. The minimum Gasteiger partial charge on any atom is -0.482 e. The Morgan fingerprint density at radius 1 is 1.22 bits per heavy atom. The molecule has 0 spiro atoms. The quantitative estimate of drug-likeness (QED) is 0.508. The molecule has 0 fully saturated rings. The summed E-state index contributed by atoms with van der Waals surface area (Å²) in [4.78, 5) is 31.0. The first-order valence-corrected chi connectivity index (χ1v) is 11.3. The number of aliphatic carboxylic acids is 1. The number of fused-ring (bicyclic) bond motifs is 1. The van der Waals surface area contributed by atoms with Gasteiger partial charge in [0.05, 0.1) is 16.1 Å². The van der Waals surface area contributed by atoms with Crippen LogP contribution in [0.4, 0.5) is 4.79 Å². The molecule has 1 unspecified atom stereocenters. The van der Waals surface area contributed by atoms with Crippen LogP contribution in [0.25, 0.3) is 0 Å². The number of benzene rings is 2. The second-order valence-electron chi connectivity index (χ2n) is 7.02. The Bertz CT molecular complexity index is 1150. The average molecular weight is 493 g/mol. The number of amides is 1. The number of ether oxygens (including phenoxy) is 2. The van der Waals surface area contributed by atoms with Crippen LogP contribution in [0.5, 0.6) is 5.75 Å². The molecule has 0 radical (unpaired) electrons. The maximum atomic E-state index is 13.1. The van der Waals surface area contributed by atoms with Gasteiger partial charge in [0.25, 0.3) is 0 Å². The number of carbonyl (C=O) groups is 2. The van der Waals surface area contributed by atoms with E-state index in [1.54, 1.807) is 46.8 Å². The number of thiazole rings is 1. The zero-order valence-corrected chi connectivity index (χ0v) is 19.0. The standard InChI is InChI=1S/C22H18Cl2N2O5S/c23-14-5-6-18(30-11-19(27)28)15(9-14)20-21-17(25-12-32-21)7-8-26(20)22(29)31-10-13-3-1-2-4-16(13)24/h1-6,9,12,20H,7-8,10-11H2,(H,27,28). The van der Waals surface area contributed by atoms with Crippen LogP contribution >= 0.6 is 34.5 Å². The number of nitrogens with zero attached hydrogens (tertiary/aromatic N) is 2. The molecule has 10 heteroatoms. The van der Waals surface area contributed by atoms with Crippen molar-refractivity contribution in [3.8, 4) is 5.75 Å². The summed E-state index contributed by atoms with van der Waals surface area (Å²) in [5.41, 5.74) is 3.86. The van der Waals surface area contributed by atoms with E-state index >= 15 is 0 Å². The monoisotopic (exact) mass is 492 g/mol. The van der Waals surface area contributed by atoms with E-state index < -0.39 is 24.7 Å². The predicted octanol–water partition coefficient (Wildman–Crippen LogP) is 5.20.